The van der Waals surface area contributed by atoms with E-state index < -0.39 is 8.07 Å². The Morgan fingerprint density at radius 3 is 2.41 bits per heavy atom. The van der Waals surface area contributed by atoms with E-state index in [1.807, 2.05) is 0 Å². The molecule has 1 atom stereocenters. The van der Waals surface area contributed by atoms with Gasteiger partial charge < -0.3 is 0 Å². The van der Waals surface area contributed by atoms with Gasteiger partial charge in [-0.1, -0.05) is 38.7 Å². The first-order valence-corrected chi connectivity index (χ1v) is 12.6. The van der Waals surface area contributed by atoms with Crippen molar-refractivity contribution in [1.82, 2.24) is 0 Å². The zero-order valence-electron chi connectivity index (χ0n) is 11.9. The van der Waals surface area contributed by atoms with E-state index in [1.165, 1.54) is 42.4 Å². The van der Waals surface area contributed by atoms with Gasteiger partial charge in [-0.3, -0.25) is 0 Å². The maximum atomic E-state index is 4.32. The average molecular weight is 289 g/mol. The summed E-state index contributed by atoms with van der Waals surface area (Å²) in [4.78, 5) is 0. The molecule has 1 aliphatic heterocycles. The van der Waals surface area contributed by atoms with Crippen molar-refractivity contribution in [3.8, 4) is 0 Å². The summed E-state index contributed by atoms with van der Waals surface area (Å²) in [6.45, 7) is 14.0. The summed E-state index contributed by atoms with van der Waals surface area (Å²) in [6, 6.07) is 1.30. The van der Waals surface area contributed by atoms with Crippen LogP contribution in [-0.4, -0.2) is 24.2 Å². The predicted molar refractivity (Wildman–Crippen MR) is 89.0 cm³/mol. The summed E-state index contributed by atoms with van der Waals surface area (Å²) >= 11 is 4.34. The van der Waals surface area contributed by atoms with Gasteiger partial charge in [-0.2, -0.15) is 0 Å². The Bertz CT molecular complexity index is 239. The number of hydrogen-bond donors (Lipinski definition) is 0. The summed E-state index contributed by atoms with van der Waals surface area (Å²) in [6.07, 6.45) is 4.12. The smallest absolute Gasteiger partial charge is 0.0502 e. The molecular weight excluding hydrogens is 260 g/mol. The van der Waals surface area contributed by atoms with E-state index in [1.54, 1.807) is 0 Å². The highest BCUT2D eigenvalue weighted by atomic mass is 32.2. The third-order valence-corrected chi connectivity index (χ3v) is 7.78. The normalized spacial score (nSPS) is 20.2. The lowest BCUT2D eigenvalue weighted by atomic mass is 9.99. The third-order valence-electron chi connectivity index (χ3n) is 3.19. The second-order valence-electron chi connectivity index (χ2n) is 6.40. The van der Waals surface area contributed by atoms with Crippen molar-refractivity contribution in [2.24, 2.45) is 5.92 Å². The van der Waals surface area contributed by atoms with Crippen molar-refractivity contribution in [1.29, 1.82) is 0 Å². The van der Waals surface area contributed by atoms with Gasteiger partial charge >= 0.3 is 0 Å². The van der Waals surface area contributed by atoms with Gasteiger partial charge in [-0.05, 0) is 42.7 Å². The van der Waals surface area contributed by atoms with Crippen molar-refractivity contribution in [3.63, 3.8) is 0 Å². The van der Waals surface area contributed by atoms with Gasteiger partial charge in [0.15, 0.2) is 0 Å². The van der Waals surface area contributed by atoms with Crippen molar-refractivity contribution in [3.05, 3.63) is 12.2 Å². The molecule has 0 aliphatic carbocycles. The summed E-state index contributed by atoms with van der Waals surface area (Å²) < 4.78 is 0.867. The second-order valence-corrected chi connectivity index (χ2v) is 14.8. The lowest BCUT2D eigenvalue weighted by Gasteiger charge is -2.25. The van der Waals surface area contributed by atoms with Crippen molar-refractivity contribution in [2.75, 3.05) is 11.5 Å². The zero-order chi connectivity index (χ0) is 12.9. The molecule has 0 N–H and O–H groups in total. The molecule has 3 heteroatoms. The Balaban J connectivity index is 2.23. The standard InChI is InChI=1S/C14H28S2Si/c1-12(13(2)11-17(3,4)5)7-8-14-15-9-6-10-16-14/h12,14H,2,6-11H2,1,3-5H3. The van der Waals surface area contributed by atoms with E-state index in [0.29, 0.717) is 0 Å². The molecular formula is C14H28S2Si. The minimum atomic E-state index is -0.962. The molecule has 1 heterocycles. The maximum Gasteiger partial charge on any atom is 0.0502 e. The van der Waals surface area contributed by atoms with Gasteiger partial charge in [0, 0.05) is 8.07 Å². The quantitative estimate of drug-likeness (QED) is 0.468. The zero-order valence-corrected chi connectivity index (χ0v) is 14.6. The van der Waals surface area contributed by atoms with Crippen LogP contribution >= 0.6 is 23.5 Å². The lowest BCUT2D eigenvalue weighted by molar-refractivity contribution is 0.598. The highest BCUT2D eigenvalue weighted by Gasteiger charge is 2.20. The molecule has 0 saturated carbocycles. The van der Waals surface area contributed by atoms with Gasteiger partial charge in [-0.25, -0.2) is 0 Å². The molecule has 1 unspecified atom stereocenters. The largest absolute Gasteiger partial charge is 0.148 e. The van der Waals surface area contributed by atoms with E-state index in [2.05, 4.69) is 56.7 Å². The summed E-state index contributed by atoms with van der Waals surface area (Å²) in [5, 5.41) is 0. The Morgan fingerprint density at radius 2 is 1.88 bits per heavy atom. The van der Waals surface area contributed by atoms with Crippen molar-refractivity contribution >= 4 is 31.6 Å². The molecule has 0 bridgehead atoms. The molecule has 0 aromatic carbocycles. The van der Waals surface area contributed by atoms with Crippen LogP contribution in [-0.2, 0) is 0 Å². The molecule has 1 saturated heterocycles. The van der Waals surface area contributed by atoms with E-state index in [-0.39, 0.29) is 0 Å². The third kappa shape index (κ3) is 6.97. The molecule has 100 valence electrons. The van der Waals surface area contributed by atoms with Crippen LogP contribution < -0.4 is 0 Å². The van der Waals surface area contributed by atoms with Crippen LogP contribution in [0.25, 0.3) is 0 Å². The summed E-state index contributed by atoms with van der Waals surface area (Å²) in [5.74, 6) is 3.48. The first-order chi connectivity index (χ1) is 7.88. The lowest BCUT2D eigenvalue weighted by Crippen LogP contribution is -2.21. The number of allylic oxidation sites excluding steroid dienone is 1. The summed E-state index contributed by atoms with van der Waals surface area (Å²) in [5.41, 5.74) is 1.51. The van der Waals surface area contributed by atoms with Gasteiger partial charge in [0.05, 0.1) is 4.58 Å². The maximum absolute atomic E-state index is 4.32. The molecule has 0 aromatic heterocycles. The molecule has 0 spiro atoms. The highest BCUT2D eigenvalue weighted by molar-refractivity contribution is 8.17. The second kappa shape index (κ2) is 7.30. The van der Waals surface area contributed by atoms with Crippen molar-refractivity contribution in [2.45, 2.75) is 56.5 Å². The molecule has 1 fully saturated rings. The highest BCUT2D eigenvalue weighted by Crippen LogP contribution is 2.35. The van der Waals surface area contributed by atoms with Crippen LogP contribution in [0.3, 0.4) is 0 Å². The predicted octanol–water partition coefficient (Wildman–Crippen LogP) is 5.49. The SMILES string of the molecule is C=C(C[Si](C)(C)C)C(C)CCC1SCCCS1. The Kier molecular flexibility index (Phi) is 6.74. The van der Waals surface area contributed by atoms with Crippen LogP contribution in [0.4, 0.5) is 0 Å². The van der Waals surface area contributed by atoms with E-state index in [0.717, 1.165) is 10.5 Å². The monoisotopic (exact) mass is 288 g/mol. The molecule has 17 heavy (non-hydrogen) atoms. The fourth-order valence-electron chi connectivity index (χ4n) is 2.15. The minimum absolute atomic E-state index is 0.727. The van der Waals surface area contributed by atoms with Crippen LogP contribution in [0, 0.1) is 5.92 Å². The number of thioether (sulfide) groups is 2. The number of hydrogen-bond acceptors (Lipinski definition) is 2. The Morgan fingerprint density at radius 1 is 1.29 bits per heavy atom. The van der Waals surface area contributed by atoms with Gasteiger partial charge in [0.25, 0.3) is 0 Å². The van der Waals surface area contributed by atoms with Crippen LogP contribution in [0.15, 0.2) is 12.2 Å². The van der Waals surface area contributed by atoms with Gasteiger partial charge in [-0.15, -0.1) is 23.5 Å². The Labute approximate surface area is 117 Å². The number of rotatable bonds is 6. The topological polar surface area (TPSA) is 0 Å². The fraction of sp³-hybridized carbons (Fsp3) is 0.857. The molecule has 0 aromatic rings. The molecule has 0 radical (unpaired) electrons. The Hall–Kier alpha value is 0.657. The molecule has 0 nitrogen and oxygen atoms in total. The van der Waals surface area contributed by atoms with Crippen LogP contribution in [0.1, 0.15) is 26.2 Å². The average Bonchev–Trinajstić information content (AvgIpc) is 2.25. The minimum Gasteiger partial charge on any atom is -0.148 e. The first kappa shape index (κ1) is 15.7. The van der Waals surface area contributed by atoms with E-state index in [9.17, 15) is 0 Å². The van der Waals surface area contributed by atoms with E-state index >= 15 is 0 Å². The van der Waals surface area contributed by atoms with Crippen LogP contribution in [0.5, 0.6) is 0 Å². The van der Waals surface area contributed by atoms with Crippen LogP contribution in [0.2, 0.25) is 25.7 Å². The molecule has 1 rings (SSSR count). The van der Waals surface area contributed by atoms with Gasteiger partial charge in [0.1, 0.15) is 0 Å². The first-order valence-electron chi connectivity index (χ1n) is 6.79. The summed E-state index contributed by atoms with van der Waals surface area (Å²) in [7, 11) is -0.962. The molecule has 1 aliphatic rings. The van der Waals surface area contributed by atoms with Gasteiger partial charge in [0.2, 0.25) is 0 Å². The van der Waals surface area contributed by atoms with Crippen molar-refractivity contribution < 1.29 is 0 Å². The molecule has 0 amide bonds. The fourth-order valence-corrected chi connectivity index (χ4v) is 6.76. The van der Waals surface area contributed by atoms with E-state index in [4.69, 9.17) is 0 Å².